The number of carbonyl (C=O) groups is 1. The number of hydrogen-bond donors (Lipinski definition) is 0. The number of amides is 1. The summed E-state index contributed by atoms with van der Waals surface area (Å²) in [6.45, 7) is 1.58. The Morgan fingerprint density at radius 3 is 2.50 bits per heavy atom. The molecule has 0 aromatic heterocycles. The lowest BCUT2D eigenvalue weighted by atomic mass is 10.4. The van der Waals surface area contributed by atoms with Gasteiger partial charge in [-0.15, -0.1) is 0 Å². The van der Waals surface area contributed by atoms with Crippen LogP contribution in [0.2, 0.25) is 0 Å². The maximum atomic E-state index is 11.2. The topological polar surface area (TPSA) is 44.1 Å². The largest absolute Gasteiger partial charge is 0.340 e. The van der Waals surface area contributed by atoms with Crippen LogP contribution in [0.1, 0.15) is 6.42 Å². The SMILES string of the molecule is N#CCC(=O)N1CCSSCC1. The fourth-order valence-electron chi connectivity index (χ4n) is 0.953. The molecule has 0 atom stereocenters. The van der Waals surface area contributed by atoms with Gasteiger partial charge in [-0.25, -0.2) is 0 Å². The molecular formula is C7H10N2OS2. The number of nitriles is 1. The van der Waals surface area contributed by atoms with Gasteiger partial charge in [-0.1, -0.05) is 21.6 Å². The van der Waals surface area contributed by atoms with Crippen LogP contribution >= 0.6 is 21.6 Å². The molecule has 5 heteroatoms. The summed E-state index contributed by atoms with van der Waals surface area (Å²) in [7, 11) is 3.59. The number of hydrogen-bond acceptors (Lipinski definition) is 4. The van der Waals surface area contributed by atoms with Gasteiger partial charge in [0.15, 0.2) is 0 Å². The van der Waals surface area contributed by atoms with Crippen LogP contribution in [0, 0.1) is 11.3 Å². The Hall–Kier alpha value is -0.340. The Morgan fingerprint density at radius 2 is 2.00 bits per heavy atom. The molecule has 12 heavy (non-hydrogen) atoms. The number of rotatable bonds is 1. The molecule has 0 aliphatic carbocycles. The zero-order chi connectivity index (χ0) is 8.81. The van der Waals surface area contributed by atoms with Crippen molar-refractivity contribution in [2.45, 2.75) is 6.42 Å². The van der Waals surface area contributed by atoms with E-state index in [1.54, 1.807) is 26.5 Å². The molecule has 1 heterocycles. The summed E-state index contributed by atoms with van der Waals surface area (Å²) in [4.78, 5) is 13.0. The highest BCUT2D eigenvalue weighted by atomic mass is 33.1. The fraction of sp³-hybridized carbons (Fsp3) is 0.714. The van der Waals surface area contributed by atoms with E-state index in [0.717, 1.165) is 24.6 Å². The second-order valence-electron chi connectivity index (χ2n) is 2.36. The van der Waals surface area contributed by atoms with Gasteiger partial charge in [0, 0.05) is 24.6 Å². The lowest BCUT2D eigenvalue weighted by Gasteiger charge is -2.17. The van der Waals surface area contributed by atoms with Crippen LogP contribution in [0.15, 0.2) is 0 Å². The van der Waals surface area contributed by atoms with Gasteiger partial charge in [0.2, 0.25) is 5.91 Å². The summed E-state index contributed by atoms with van der Waals surface area (Å²) >= 11 is 0. The highest BCUT2D eigenvalue weighted by Crippen LogP contribution is 2.23. The molecule has 1 amide bonds. The monoisotopic (exact) mass is 202 g/mol. The summed E-state index contributed by atoms with van der Waals surface area (Å²) in [6.07, 6.45) is 0.0231. The highest BCUT2D eigenvalue weighted by Gasteiger charge is 2.14. The van der Waals surface area contributed by atoms with E-state index in [9.17, 15) is 4.79 Å². The molecule has 0 aromatic carbocycles. The first-order valence-electron chi connectivity index (χ1n) is 3.73. The van der Waals surface area contributed by atoms with Gasteiger partial charge in [-0.3, -0.25) is 4.79 Å². The minimum atomic E-state index is -0.0272. The smallest absolute Gasteiger partial charge is 0.236 e. The van der Waals surface area contributed by atoms with E-state index < -0.39 is 0 Å². The van der Waals surface area contributed by atoms with Gasteiger partial charge in [-0.2, -0.15) is 5.26 Å². The molecule has 0 unspecified atom stereocenters. The summed E-state index contributed by atoms with van der Waals surface area (Å²) in [6, 6.07) is 1.88. The van der Waals surface area contributed by atoms with Crippen molar-refractivity contribution in [3.05, 3.63) is 0 Å². The first-order chi connectivity index (χ1) is 5.84. The van der Waals surface area contributed by atoms with Crippen molar-refractivity contribution in [3.63, 3.8) is 0 Å². The lowest BCUT2D eigenvalue weighted by Crippen LogP contribution is -2.33. The van der Waals surface area contributed by atoms with Crippen LogP contribution in [0.4, 0.5) is 0 Å². The Labute approximate surface area is 79.9 Å². The molecule has 1 aliphatic heterocycles. The van der Waals surface area contributed by atoms with E-state index in [2.05, 4.69) is 0 Å². The summed E-state index contributed by atoms with van der Waals surface area (Å²) in [5.74, 6) is 1.92. The quantitative estimate of drug-likeness (QED) is 0.598. The third-order valence-corrected chi connectivity index (χ3v) is 3.92. The zero-order valence-corrected chi connectivity index (χ0v) is 8.29. The first-order valence-corrected chi connectivity index (χ1v) is 6.22. The van der Waals surface area contributed by atoms with Gasteiger partial charge in [0.1, 0.15) is 6.42 Å². The molecule has 1 aliphatic rings. The third kappa shape index (κ3) is 2.95. The highest BCUT2D eigenvalue weighted by molar-refractivity contribution is 8.76. The van der Waals surface area contributed by atoms with E-state index in [0.29, 0.717) is 0 Å². The van der Waals surface area contributed by atoms with Crippen molar-refractivity contribution >= 4 is 27.5 Å². The molecule has 3 nitrogen and oxygen atoms in total. The summed E-state index contributed by atoms with van der Waals surface area (Å²) in [5, 5.41) is 8.33. The molecule has 1 rings (SSSR count). The number of carbonyl (C=O) groups excluding carboxylic acids is 1. The van der Waals surface area contributed by atoms with Gasteiger partial charge >= 0.3 is 0 Å². The van der Waals surface area contributed by atoms with E-state index in [1.807, 2.05) is 6.07 Å². The third-order valence-electron chi connectivity index (χ3n) is 1.56. The fourth-order valence-corrected chi connectivity index (χ4v) is 2.93. The predicted octanol–water partition coefficient (Wildman–Crippen LogP) is 1.12. The second kappa shape index (κ2) is 5.33. The minimum absolute atomic E-state index is 0.0231. The van der Waals surface area contributed by atoms with Gasteiger partial charge in [-0.05, 0) is 0 Å². The first kappa shape index (κ1) is 9.75. The van der Waals surface area contributed by atoms with Crippen molar-refractivity contribution in [1.82, 2.24) is 4.90 Å². The van der Waals surface area contributed by atoms with Gasteiger partial charge in [0.25, 0.3) is 0 Å². The van der Waals surface area contributed by atoms with Crippen molar-refractivity contribution in [3.8, 4) is 6.07 Å². The predicted molar refractivity (Wildman–Crippen MR) is 51.7 cm³/mol. The lowest BCUT2D eigenvalue weighted by molar-refractivity contribution is -0.129. The Bertz CT molecular complexity index is 194. The molecule has 0 aromatic rings. The minimum Gasteiger partial charge on any atom is -0.340 e. The van der Waals surface area contributed by atoms with Crippen molar-refractivity contribution in [1.29, 1.82) is 5.26 Å². The summed E-state index contributed by atoms with van der Waals surface area (Å²) in [5.41, 5.74) is 0. The Kier molecular flexibility index (Phi) is 4.33. The van der Waals surface area contributed by atoms with Gasteiger partial charge < -0.3 is 4.90 Å². The maximum absolute atomic E-state index is 11.2. The average molecular weight is 202 g/mol. The molecule has 0 spiro atoms. The van der Waals surface area contributed by atoms with E-state index in [-0.39, 0.29) is 12.3 Å². The normalized spacial score (nSPS) is 18.1. The second-order valence-corrected chi connectivity index (χ2v) is 5.06. The van der Waals surface area contributed by atoms with Crippen molar-refractivity contribution < 1.29 is 4.79 Å². The molecule has 1 saturated heterocycles. The van der Waals surface area contributed by atoms with Crippen LogP contribution in [-0.4, -0.2) is 35.4 Å². The molecule has 0 bridgehead atoms. The summed E-state index contributed by atoms with van der Waals surface area (Å²) < 4.78 is 0. The van der Waals surface area contributed by atoms with Crippen molar-refractivity contribution in [2.75, 3.05) is 24.6 Å². The molecular weight excluding hydrogens is 192 g/mol. The molecule has 0 N–H and O–H groups in total. The van der Waals surface area contributed by atoms with Crippen LogP contribution in [-0.2, 0) is 4.79 Å². The van der Waals surface area contributed by atoms with Crippen LogP contribution in [0.3, 0.4) is 0 Å². The van der Waals surface area contributed by atoms with Crippen LogP contribution < -0.4 is 0 Å². The van der Waals surface area contributed by atoms with E-state index in [4.69, 9.17) is 5.26 Å². The standard InChI is InChI=1S/C7H10N2OS2/c8-2-1-7(10)9-3-5-11-12-6-4-9/h1,3-6H2. The molecule has 0 saturated carbocycles. The molecule has 0 radical (unpaired) electrons. The van der Waals surface area contributed by atoms with E-state index >= 15 is 0 Å². The molecule has 1 fully saturated rings. The van der Waals surface area contributed by atoms with E-state index in [1.165, 1.54) is 0 Å². The van der Waals surface area contributed by atoms with Crippen LogP contribution in [0.25, 0.3) is 0 Å². The van der Waals surface area contributed by atoms with Gasteiger partial charge in [0.05, 0.1) is 6.07 Å². The number of nitrogens with zero attached hydrogens (tertiary/aromatic N) is 2. The zero-order valence-electron chi connectivity index (χ0n) is 6.65. The molecule has 66 valence electrons. The Balaban J connectivity index is 2.38. The van der Waals surface area contributed by atoms with Crippen LogP contribution in [0.5, 0.6) is 0 Å². The average Bonchev–Trinajstić information content (AvgIpc) is 2.32. The maximum Gasteiger partial charge on any atom is 0.236 e. The van der Waals surface area contributed by atoms with Crippen molar-refractivity contribution in [2.24, 2.45) is 0 Å². The Morgan fingerprint density at radius 1 is 1.42 bits per heavy atom.